The van der Waals surface area contributed by atoms with Crippen molar-refractivity contribution < 1.29 is 0 Å². The SMILES string of the molecule is NCCC1SC=CN1Cc1ccccn1. The third kappa shape index (κ3) is 2.73. The molecule has 0 aliphatic carbocycles. The minimum Gasteiger partial charge on any atom is -0.359 e. The third-order valence-corrected chi connectivity index (χ3v) is 3.44. The topological polar surface area (TPSA) is 42.1 Å². The molecule has 0 amide bonds. The Balaban J connectivity index is 1.96. The van der Waals surface area contributed by atoms with E-state index in [-0.39, 0.29) is 0 Å². The zero-order chi connectivity index (χ0) is 10.5. The first-order valence-corrected chi connectivity index (χ1v) is 6.02. The second-order valence-corrected chi connectivity index (χ2v) is 4.54. The lowest BCUT2D eigenvalue weighted by molar-refractivity contribution is 0.339. The first-order valence-electron chi connectivity index (χ1n) is 5.08. The summed E-state index contributed by atoms with van der Waals surface area (Å²) in [5.74, 6) is 0. The highest BCUT2D eigenvalue weighted by atomic mass is 32.2. The molecular weight excluding hydrogens is 206 g/mol. The van der Waals surface area contributed by atoms with Crippen LogP contribution in [0.15, 0.2) is 36.0 Å². The van der Waals surface area contributed by atoms with Crippen LogP contribution in [0.3, 0.4) is 0 Å². The summed E-state index contributed by atoms with van der Waals surface area (Å²) in [6.45, 7) is 1.60. The molecule has 2 N–H and O–H groups in total. The molecule has 1 aromatic rings. The lowest BCUT2D eigenvalue weighted by Crippen LogP contribution is -2.26. The van der Waals surface area contributed by atoms with E-state index in [2.05, 4.69) is 27.6 Å². The fourth-order valence-electron chi connectivity index (χ4n) is 1.59. The van der Waals surface area contributed by atoms with Gasteiger partial charge in [-0.1, -0.05) is 6.07 Å². The van der Waals surface area contributed by atoms with Gasteiger partial charge in [-0.15, -0.1) is 11.8 Å². The van der Waals surface area contributed by atoms with Crippen LogP contribution in [0.1, 0.15) is 12.1 Å². The predicted molar refractivity (Wildman–Crippen MR) is 64.0 cm³/mol. The van der Waals surface area contributed by atoms with Crippen molar-refractivity contribution in [3.63, 3.8) is 0 Å². The van der Waals surface area contributed by atoms with E-state index in [1.165, 1.54) is 0 Å². The van der Waals surface area contributed by atoms with Crippen molar-refractivity contribution in [3.05, 3.63) is 41.7 Å². The average Bonchev–Trinajstić information content (AvgIpc) is 2.68. The van der Waals surface area contributed by atoms with Gasteiger partial charge in [-0.2, -0.15) is 0 Å². The van der Waals surface area contributed by atoms with E-state index in [0.717, 1.165) is 25.2 Å². The average molecular weight is 221 g/mol. The molecule has 0 saturated carbocycles. The summed E-state index contributed by atoms with van der Waals surface area (Å²) in [5.41, 5.74) is 6.68. The predicted octanol–water partition coefficient (Wildman–Crippen LogP) is 1.78. The Bertz CT molecular complexity index is 326. The maximum absolute atomic E-state index is 5.58. The zero-order valence-electron chi connectivity index (χ0n) is 8.54. The van der Waals surface area contributed by atoms with Gasteiger partial charge in [0.15, 0.2) is 0 Å². The van der Waals surface area contributed by atoms with Crippen LogP contribution in [0.2, 0.25) is 0 Å². The Kier molecular flexibility index (Phi) is 3.64. The van der Waals surface area contributed by atoms with Crippen LogP contribution < -0.4 is 5.73 Å². The van der Waals surface area contributed by atoms with Crippen LogP contribution in [-0.2, 0) is 6.54 Å². The van der Waals surface area contributed by atoms with Crippen LogP contribution in [0.5, 0.6) is 0 Å². The highest BCUT2D eigenvalue weighted by Crippen LogP contribution is 2.28. The summed E-state index contributed by atoms with van der Waals surface area (Å²) in [6, 6.07) is 6.01. The van der Waals surface area contributed by atoms with Gasteiger partial charge < -0.3 is 10.6 Å². The Morgan fingerprint density at radius 3 is 3.13 bits per heavy atom. The molecule has 0 fully saturated rings. The van der Waals surface area contributed by atoms with E-state index in [9.17, 15) is 0 Å². The van der Waals surface area contributed by atoms with Crippen LogP contribution in [0.4, 0.5) is 0 Å². The molecule has 2 rings (SSSR count). The molecule has 15 heavy (non-hydrogen) atoms. The molecule has 0 spiro atoms. The monoisotopic (exact) mass is 221 g/mol. The number of nitrogens with zero attached hydrogens (tertiary/aromatic N) is 2. The van der Waals surface area contributed by atoms with Crippen molar-refractivity contribution in [1.82, 2.24) is 9.88 Å². The quantitative estimate of drug-likeness (QED) is 0.841. The van der Waals surface area contributed by atoms with Crippen molar-refractivity contribution in [2.24, 2.45) is 5.73 Å². The molecule has 0 bridgehead atoms. The van der Waals surface area contributed by atoms with Gasteiger partial charge in [0.1, 0.15) is 0 Å². The van der Waals surface area contributed by atoms with Gasteiger partial charge in [0.05, 0.1) is 17.6 Å². The number of rotatable bonds is 4. The third-order valence-electron chi connectivity index (χ3n) is 2.34. The first-order chi connectivity index (χ1) is 7.40. The molecule has 0 saturated heterocycles. The summed E-state index contributed by atoms with van der Waals surface area (Å²) < 4.78 is 0. The minimum atomic E-state index is 0.483. The second kappa shape index (κ2) is 5.19. The molecule has 80 valence electrons. The van der Waals surface area contributed by atoms with Gasteiger partial charge in [0.2, 0.25) is 0 Å². The van der Waals surface area contributed by atoms with E-state index in [1.807, 2.05) is 30.1 Å². The standard InChI is InChI=1S/C11H15N3S/c12-5-4-11-14(7-8-15-11)9-10-3-1-2-6-13-10/h1-3,6-8,11H,4-5,9,12H2. The highest BCUT2D eigenvalue weighted by Gasteiger charge is 2.19. The molecule has 2 heterocycles. The van der Waals surface area contributed by atoms with Crippen LogP contribution in [0.25, 0.3) is 0 Å². The van der Waals surface area contributed by atoms with E-state index < -0.39 is 0 Å². The van der Waals surface area contributed by atoms with Gasteiger partial charge in [0, 0.05) is 12.4 Å². The molecule has 1 unspecified atom stereocenters. The summed E-state index contributed by atoms with van der Waals surface area (Å²) in [6.07, 6.45) is 4.98. The molecule has 1 aliphatic heterocycles. The van der Waals surface area contributed by atoms with Crippen molar-refractivity contribution in [3.8, 4) is 0 Å². The van der Waals surface area contributed by atoms with Crippen LogP contribution >= 0.6 is 11.8 Å². The number of thioether (sulfide) groups is 1. The maximum Gasteiger partial charge on any atom is 0.0802 e. The fraction of sp³-hybridized carbons (Fsp3) is 0.364. The minimum absolute atomic E-state index is 0.483. The lowest BCUT2D eigenvalue weighted by Gasteiger charge is -2.23. The molecular formula is C11H15N3S. The van der Waals surface area contributed by atoms with Crippen molar-refractivity contribution in [2.45, 2.75) is 18.3 Å². The van der Waals surface area contributed by atoms with E-state index in [4.69, 9.17) is 5.73 Å². The molecule has 3 nitrogen and oxygen atoms in total. The lowest BCUT2D eigenvalue weighted by atomic mass is 10.3. The summed E-state index contributed by atoms with van der Waals surface area (Å²) in [5, 5.41) is 2.61. The summed E-state index contributed by atoms with van der Waals surface area (Å²) in [4.78, 5) is 6.61. The smallest absolute Gasteiger partial charge is 0.0802 e. The molecule has 1 atom stereocenters. The van der Waals surface area contributed by atoms with Crippen LogP contribution in [0, 0.1) is 0 Å². The number of hydrogen-bond donors (Lipinski definition) is 1. The number of pyridine rings is 1. The van der Waals surface area contributed by atoms with E-state index >= 15 is 0 Å². The largest absolute Gasteiger partial charge is 0.359 e. The normalized spacial score (nSPS) is 19.8. The van der Waals surface area contributed by atoms with Crippen molar-refractivity contribution in [2.75, 3.05) is 6.54 Å². The number of nitrogens with two attached hydrogens (primary N) is 1. The van der Waals surface area contributed by atoms with E-state index in [1.54, 1.807) is 0 Å². The highest BCUT2D eigenvalue weighted by molar-refractivity contribution is 8.02. The molecule has 0 radical (unpaired) electrons. The maximum atomic E-state index is 5.58. The Morgan fingerprint density at radius 1 is 1.47 bits per heavy atom. The van der Waals surface area contributed by atoms with Gasteiger partial charge in [0.25, 0.3) is 0 Å². The van der Waals surface area contributed by atoms with Crippen LogP contribution in [-0.4, -0.2) is 21.8 Å². The molecule has 4 heteroatoms. The van der Waals surface area contributed by atoms with Gasteiger partial charge in [-0.3, -0.25) is 4.98 Å². The summed E-state index contributed by atoms with van der Waals surface area (Å²) in [7, 11) is 0. The second-order valence-electron chi connectivity index (χ2n) is 3.45. The van der Waals surface area contributed by atoms with Crippen molar-refractivity contribution >= 4 is 11.8 Å². The van der Waals surface area contributed by atoms with Gasteiger partial charge in [-0.25, -0.2) is 0 Å². The van der Waals surface area contributed by atoms with Crippen molar-refractivity contribution in [1.29, 1.82) is 0 Å². The fourth-order valence-corrected chi connectivity index (χ4v) is 2.57. The van der Waals surface area contributed by atoms with Gasteiger partial charge >= 0.3 is 0 Å². The zero-order valence-corrected chi connectivity index (χ0v) is 9.36. The van der Waals surface area contributed by atoms with Gasteiger partial charge in [-0.05, 0) is 30.5 Å². The molecule has 1 aromatic heterocycles. The Morgan fingerprint density at radius 2 is 2.40 bits per heavy atom. The summed E-state index contributed by atoms with van der Waals surface area (Å²) >= 11 is 1.83. The Labute approximate surface area is 94.4 Å². The molecule has 0 aromatic carbocycles. The number of aromatic nitrogens is 1. The number of hydrogen-bond acceptors (Lipinski definition) is 4. The Hall–Kier alpha value is -1.00. The molecule has 1 aliphatic rings. The first kappa shape index (κ1) is 10.5. The van der Waals surface area contributed by atoms with E-state index in [0.29, 0.717) is 5.37 Å².